The smallest absolute Gasteiger partial charge is 0.338 e. The summed E-state index contributed by atoms with van der Waals surface area (Å²) < 4.78 is 12.4. The highest BCUT2D eigenvalue weighted by molar-refractivity contribution is 7.07. The topological polar surface area (TPSA) is 90.2 Å². The van der Waals surface area contributed by atoms with Crippen LogP contribution in [0.15, 0.2) is 107 Å². The molecule has 0 fully saturated rings. The summed E-state index contributed by atoms with van der Waals surface area (Å²) in [5.41, 5.74) is 3.29. The predicted molar refractivity (Wildman–Crippen MR) is 166 cm³/mol. The first kappa shape index (κ1) is 28.4. The summed E-state index contributed by atoms with van der Waals surface area (Å²) in [5.74, 6) is -0.288. The van der Waals surface area contributed by atoms with Gasteiger partial charge in [0, 0.05) is 10.6 Å². The third-order valence-corrected chi connectivity index (χ3v) is 8.84. The second-order valence-corrected chi connectivity index (χ2v) is 11.3. The summed E-state index contributed by atoms with van der Waals surface area (Å²) in [4.78, 5) is 48.4. The zero-order valence-corrected chi connectivity index (χ0v) is 24.9. The summed E-state index contributed by atoms with van der Waals surface area (Å²) in [7, 11) is 1.56. The van der Waals surface area contributed by atoms with E-state index in [4.69, 9.17) is 21.1 Å². The van der Waals surface area contributed by atoms with Crippen LogP contribution in [0.3, 0.4) is 0 Å². The van der Waals surface area contributed by atoms with Crippen LogP contribution >= 0.6 is 22.9 Å². The van der Waals surface area contributed by atoms with E-state index in [1.807, 2.05) is 42.5 Å². The molecule has 4 aromatic rings. The molecule has 1 unspecified atom stereocenters. The number of fused-ring (bicyclic) bond motifs is 2. The van der Waals surface area contributed by atoms with Crippen LogP contribution in [0.5, 0.6) is 5.75 Å². The number of amides is 1. The van der Waals surface area contributed by atoms with Gasteiger partial charge in [-0.25, -0.2) is 9.79 Å². The maximum Gasteiger partial charge on any atom is 0.338 e. The first-order chi connectivity index (χ1) is 20.8. The molecule has 0 aliphatic carbocycles. The Balaban J connectivity index is 1.56. The molecule has 2 aliphatic heterocycles. The second kappa shape index (κ2) is 11.5. The lowest BCUT2D eigenvalue weighted by atomic mass is 9.96. The zero-order valence-electron chi connectivity index (χ0n) is 23.4. The number of thiazole rings is 1. The number of carbonyl (C=O) groups excluding carboxylic acids is 2. The summed E-state index contributed by atoms with van der Waals surface area (Å²) >= 11 is 7.56. The number of hydrogen-bond donors (Lipinski definition) is 0. The van der Waals surface area contributed by atoms with Crippen LogP contribution in [-0.4, -0.2) is 30.2 Å². The Hall–Kier alpha value is -4.73. The van der Waals surface area contributed by atoms with Gasteiger partial charge in [0.2, 0.25) is 0 Å². The quantitative estimate of drug-likeness (QED) is 0.226. The molecule has 3 aromatic carbocycles. The molecule has 216 valence electrons. The number of ether oxygens (including phenoxy) is 2. The normalized spacial score (nSPS) is 16.9. The fourth-order valence-corrected chi connectivity index (χ4v) is 6.73. The predicted octanol–water partition coefficient (Wildman–Crippen LogP) is 4.54. The van der Waals surface area contributed by atoms with E-state index >= 15 is 0 Å². The maximum absolute atomic E-state index is 14.4. The zero-order chi connectivity index (χ0) is 30.2. The van der Waals surface area contributed by atoms with E-state index in [1.165, 1.54) is 10.6 Å². The highest BCUT2D eigenvalue weighted by Gasteiger charge is 2.37. The van der Waals surface area contributed by atoms with Crippen molar-refractivity contribution in [1.82, 2.24) is 4.57 Å². The van der Waals surface area contributed by atoms with E-state index < -0.39 is 17.6 Å². The molecular formula is C33H26ClN3O5S. The minimum absolute atomic E-state index is 0.00602. The minimum Gasteiger partial charge on any atom is -0.497 e. The van der Waals surface area contributed by atoms with Crippen molar-refractivity contribution in [3.63, 3.8) is 0 Å². The molecule has 0 N–H and O–H groups in total. The number of allylic oxidation sites excluding steroid dienone is 1. The van der Waals surface area contributed by atoms with Crippen molar-refractivity contribution in [2.45, 2.75) is 19.5 Å². The van der Waals surface area contributed by atoms with Gasteiger partial charge in [0.1, 0.15) is 16.9 Å². The molecule has 0 bridgehead atoms. The fourth-order valence-electron chi connectivity index (χ4n) is 5.40. The van der Waals surface area contributed by atoms with Gasteiger partial charge in [-0.1, -0.05) is 84.1 Å². The molecule has 1 aromatic heterocycles. The van der Waals surface area contributed by atoms with Crippen molar-refractivity contribution in [3.05, 3.63) is 138 Å². The first-order valence-corrected chi connectivity index (χ1v) is 14.6. The number of esters is 1. The Bertz CT molecular complexity index is 2010. The molecule has 1 atom stereocenters. The summed E-state index contributed by atoms with van der Waals surface area (Å²) in [6, 6.07) is 21.0. The van der Waals surface area contributed by atoms with Gasteiger partial charge in [-0.05, 0) is 42.3 Å². The van der Waals surface area contributed by atoms with Gasteiger partial charge >= 0.3 is 5.97 Å². The van der Waals surface area contributed by atoms with E-state index in [1.54, 1.807) is 49.3 Å². The number of halogens is 1. The van der Waals surface area contributed by atoms with Gasteiger partial charge in [-0.2, -0.15) is 0 Å². The second-order valence-electron chi connectivity index (χ2n) is 9.94. The van der Waals surface area contributed by atoms with E-state index in [-0.39, 0.29) is 34.7 Å². The van der Waals surface area contributed by atoms with Gasteiger partial charge in [0.25, 0.3) is 11.5 Å². The Labute approximate surface area is 256 Å². The van der Waals surface area contributed by atoms with Crippen molar-refractivity contribution in [3.8, 4) is 5.75 Å². The van der Waals surface area contributed by atoms with Crippen LogP contribution in [0.25, 0.3) is 5.57 Å². The lowest BCUT2D eigenvalue weighted by molar-refractivity contribution is -0.138. The van der Waals surface area contributed by atoms with E-state index in [2.05, 4.69) is 11.6 Å². The van der Waals surface area contributed by atoms with Crippen LogP contribution in [-0.2, 0) is 20.9 Å². The van der Waals surface area contributed by atoms with E-state index in [9.17, 15) is 14.4 Å². The third-order valence-electron chi connectivity index (χ3n) is 7.42. The van der Waals surface area contributed by atoms with Crippen molar-refractivity contribution < 1.29 is 19.1 Å². The van der Waals surface area contributed by atoms with E-state index in [0.29, 0.717) is 38.1 Å². The Morgan fingerprint density at radius 3 is 2.51 bits per heavy atom. The number of rotatable bonds is 7. The number of nitrogens with zero attached hydrogens (tertiary/aromatic N) is 3. The monoisotopic (exact) mass is 611 g/mol. The van der Waals surface area contributed by atoms with Crippen molar-refractivity contribution in [2.75, 3.05) is 18.6 Å². The highest BCUT2D eigenvalue weighted by Crippen LogP contribution is 2.37. The van der Waals surface area contributed by atoms with Gasteiger partial charge < -0.3 is 14.4 Å². The lowest BCUT2D eigenvalue weighted by Gasteiger charge is -2.24. The average Bonchev–Trinajstić information content (AvgIpc) is 3.48. The first-order valence-electron chi connectivity index (χ1n) is 13.5. The number of benzene rings is 3. The molecular weight excluding hydrogens is 586 g/mol. The molecule has 0 spiro atoms. The number of hydrogen-bond acceptors (Lipinski definition) is 7. The van der Waals surface area contributed by atoms with Gasteiger partial charge in [-0.15, -0.1) is 0 Å². The van der Waals surface area contributed by atoms with Crippen LogP contribution in [0.2, 0.25) is 5.02 Å². The maximum atomic E-state index is 14.4. The molecule has 8 nitrogen and oxygen atoms in total. The summed E-state index contributed by atoms with van der Waals surface area (Å²) in [5, 5.41) is 0.548. The summed E-state index contributed by atoms with van der Waals surface area (Å²) in [6.45, 7) is 5.58. The number of methoxy groups -OCH3 is 1. The molecule has 2 aliphatic rings. The number of anilines is 1. The molecule has 6 rings (SSSR count). The number of aromatic nitrogens is 1. The summed E-state index contributed by atoms with van der Waals surface area (Å²) in [6.07, 6.45) is 1.48. The SMILES string of the molecule is C=CCOC(=O)C1=C(C)N=c2sc(=C3C(=O)N(Cc4ccccc4Cl)c4ccccc43)c(=O)n2C1c1ccc(OC)cc1. The van der Waals surface area contributed by atoms with Crippen LogP contribution in [0, 0.1) is 0 Å². The standard InChI is InChI=1S/C33H26ClN3O5S/c1-4-17-42-32(40)26-19(2)35-33-37(28(26)20-13-15-22(41-3)16-14-20)31(39)29(43-33)27-23-10-6-8-12-25(23)36(30(27)38)18-21-9-5-7-11-24(21)34/h4-16,28H,1,17-18H2,2-3H3. The third kappa shape index (κ3) is 4.90. The van der Waals surface area contributed by atoms with Gasteiger partial charge in [0.05, 0.1) is 42.2 Å². The van der Waals surface area contributed by atoms with Crippen LogP contribution in [0.4, 0.5) is 5.69 Å². The highest BCUT2D eigenvalue weighted by atomic mass is 35.5. The van der Waals surface area contributed by atoms with Crippen molar-refractivity contribution in [1.29, 1.82) is 0 Å². The molecule has 0 saturated carbocycles. The molecule has 43 heavy (non-hydrogen) atoms. The molecule has 10 heteroatoms. The van der Waals surface area contributed by atoms with Crippen LogP contribution in [0.1, 0.15) is 29.7 Å². The minimum atomic E-state index is -0.834. The molecule has 0 radical (unpaired) electrons. The van der Waals surface area contributed by atoms with Crippen LogP contribution < -0.4 is 24.5 Å². The number of para-hydroxylation sites is 1. The molecule has 3 heterocycles. The largest absolute Gasteiger partial charge is 0.497 e. The van der Waals surface area contributed by atoms with E-state index in [0.717, 1.165) is 16.9 Å². The number of carbonyl (C=O) groups is 2. The van der Waals surface area contributed by atoms with Crippen molar-refractivity contribution in [2.24, 2.45) is 4.99 Å². The Kier molecular flexibility index (Phi) is 7.60. The molecule has 0 saturated heterocycles. The average molecular weight is 612 g/mol. The lowest BCUT2D eigenvalue weighted by Crippen LogP contribution is -2.41. The molecule has 1 amide bonds. The van der Waals surface area contributed by atoms with Gasteiger partial charge in [0.15, 0.2) is 4.80 Å². The fraction of sp³-hybridized carbons (Fsp3) is 0.152. The van der Waals surface area contributed by atoms with Gasteiger partial charge in [-0.3, -0.25) is 14.2 Å². The van der Waals surface area contributed by atoms with Crippen molar-refractivity contribution >= 4 is 46.1 Å². The Morgan fingerprint density at radius 1 is 1.07 bits per heavy atom. The Morgan fingerprint density at radius 2 is 1.79 bits per heavy atom.